The second kappa shape index (κ2) is 8.70. The van der Waals surface area contributed by atoms with E-state index in [2.05, 4.69) is 10.3 Å². The lowest BCUT2D eigenvalue weighted by atomic mass is 10.1. The Hall–Kier alpha value is -2.56. The first-order valence-corrected chi connectivity index (χ1v) is 8.72. The number of nitrogens with zero attached hydrogens (tertiary/aromatic N) is 1. The molecular formula is C20H16Cl2N2O2. The molecule has 0 saturated carbocycles. The van der Waals surface area contributed by atoms with Gasteiger partial charge in [0.05, 0.1) is 5.56 Å². The molecule has 4 nitrogen and oxygen atoms in total. The van der Waals surface area contributed by atoms with Crippen LogP contribution in [-0.4, -0.2) is 10.9 Å². The maximum atomic E-state index is 12.5. The Kier molecular flexibility index (Phi) is 6.10. The number of aromatic nitrogens is 1. The monoisotopic (exact) mass is 386 g/mol. The van der Waals surface area contributed by atoms with Crippen LogP contribution in [0.25, 0.3) is 0 Å². The molecule has 132 valence electrons. The lowest BCUT2D eigenvalue weighted by Crippen LogP contribution is -2.23. The molecule has 0 spiro atoms. The van der Waals surface area contributed by atoms with Crippen molar-refractivity contribution in [2.24, 2.45) is 0 Å². The molecule has 1 N–H and O–H groups in total. The van der Waals surface area contributed by atoms with Crippen LogP contribution in [0.1, 0.15) is 21.5 Å². The van der Waals surface area contributed by atoms with Crippen molar-refractivity contribution in [1.29, 1.82) is 0 Å². The molecule has 1 aromatic heterocycles. The van der Waals surface area contributed by atoms with Gasteiger partial charge in [-0.3, -0.25) is 4.79 Å². The van der Waals surface area contributed by atoms with Gasteiger partial charge in [-0.15, -0.1) is 0 Å². The fourth-order valence-corrected chi connectivity index (χ4v) is 2.55. The maximum Gasteiger partial charge on any atom is 0.255 e. The number of benzene rings is 2. The van der Waals surface area contributed by atoms with Gasteiger partial charge in [0.1, 0.15) is 17.5 Å². The number of amides is 1. The van der Waals surface area contributed by atoms with E-state index in [1.165, 1.54) is 0 Å². The predicted molar refractivity (Wildman–Crippen MR) is 103 cm³/mol. The minimum atomic E-state index is -0.216. The van der Waals surface area contributed by atoms with E-state index in [0.29, 0.717) is 34.6 Å². The van der Waals surface area contributed by atoms with Crippen LogP contribution < -0.4 is 10.1 Å². The van der Waals surface area contributed by atoms with Crippen molar-refractivity contribution in [2.45, 2.75) is 13.2 Å². The number of nitrogens with one attached hydrogen (secondary N) is 1. The number of pyridine rings is 1. The number of hydrogen-bond donors (Lipinski definition) is 1. The number of carbonyl (C=O) groups is 1. The van der Waals surface area contributed by atoms with Gasteiger partial charge in [0.15, 0.2) is 0 Å². The van der Waals surface area contributed by atoms with E-state index in [1.54, 1.807) is 42.6 Å². The highest BCUT2D eigenvalue weighted by molar-refractivity contribution is 6.30. The van der Waals surface area contributed by atoms with Gasteiger partial charge < -0.3 is 10.1 Å². The highest BCUT2D eigenvalue weighted by atomic mass is 35.5. The molecule has 0 aliphatic carbocycles. The number of ether oxygens (including phenoxy) is 1. The fraction of sp³-hybridized carbons (Fsp3) is 0.100. The number of para-hydroxylation sites is 1. The smallest absolute Gasteiger partial charge is 0.255 e. The van der Waals surface area contributed by atoms with Gasteiger partial charge in [0, 0.05) is 17.8 Å². The molecule has 1 heterocycles. The molecular weight excluding hydrogens is 371 g/mol. The summed E-state index contributed by atoms with van der Waals surface area (Å²) in [4.78, 5) is 16.5. The topological polar surface area (TPSA) is 51.2 Å². The molecule has 0 saturated heterocycles. The van der Waals surface area contributed by atoms with Crippen molar-refractivity contribution in [2.75, 3.05) is 0 Å². The molecule has 26 heavy (non-hydrogen) atoms. The van der Waals surface area contributed by atoms with Crippen LogP contribution in [-0.2, 0) is 13.2 Å². The van der Waals surface area contributed by atoms with Gasteiger partial charge in [0.25, 0.3) is 5.91 Å². The highest BCUT2D eigenvalue weighted by Gasteiger charge is 2.12. The minimum absolute atomic E-state index is 0.216. The Morgan fingerprint density at radius 3 is 2.42 bits per heavy atom. The standard InChI is InChI=1S/C20H16Cl2N2O2/c21-16-8-5-14(6-9-16)13-26-18-4-2-1-3-17(18)20(25)24-12-15-7-10-19(22)23-11-15/h1-11H,12-13H2,(H,24,25). The van der Waals surface area contributed by atoms with Crippen molar-refractivity contribution in [3.05, 3.63) is 93.7 Å². The second-order valence-corrected chi connectivity index (χ2v) is 6.41. The molecule has 2 aromatic carbocycles. The molecule has 0 fully saturated rings. The van der Waals surface area contributed by atoms with Crippen LogP contribution in [0.4, 0.5) is 0 Å². The summed E-state index contributed by atoms with van der Waals surface area (Å²) < 4.78 is 5.82. The van der Waals surface area contributed by atoms with Crippen LogP contribution in [0.5, 0.6) is 5.75 Å². The Morgan fingerprint density at radius 1 is 0.962 bits per heavy atom. The normalized spacial score (nSPS) is 10.4. The van der Waals surface area contributed by atoms with Gasteiger partial charge in [-0.2, -0.15) is 0 Å². The molecule has 3 rings (SSSR count). The molecule has 0 aliphatic rings. The largest absolute Gasteiger partial charge is 0.488 e. The van der Waals surface area contributed by atoms with E-state index in [4.69, 9.17) is 27.9 Å². The summed E-state index contributed by atoms with van der Waals surface area (Å²) >= 11 is 11.6. The summed E-state index contributed by atoms with van der Waals surface area (Å²) in [5.41, 5.74) is 2.31. The van der Waals surface area contributed by atoms with E-state index in [9.17, 15) is 4.79 Å². The zero-order valence-electron chi connectivity index (χ0n) is 13.8. The molecule has 0 radical (unpaired) electrons. The Balaban J connectivity index is 1.64. The van der Waals surface area contributed by atoms with E-state index in [1.807, 2.05) is 24.3 Å². The minimum Gasteiger partial charge on any atom is -0.488 e. The van der Waals surface area contributed by atoms with Crippen molar-refractivity contribution < 1.29 is 9.53 Å². The Bertz CT molecular complexity index is 881. The van der Waals surface area contributed by atoms with E-state index < -0.39 is 0 Å². The van der Waals surface area contributed by atoms with Crippen LogP contribution >= 0.6 is 23.2 Å². The van der Waals surface area contributed by atoms with Gasteiger partial charge in [0.2, 0.25) is 0 Å². The average Bonchev–Trinajstić information content (AvgIpc) is 2.67. The van der Waals surface area contributed by atoms with Gasteiger partial charge in [-0.1, -0.05) is 53.5 Å². The third-order valence-corrected chi connectivity index (χ3v) is 4.16. The molecule has 0 bridgehead atoms. The lowest BCUT2D eigenvalue weighted by Gasteiger charge is -2.12. The first kappa shape index (κ1) is 18.2. The molecule has 0 aliphatic heterocycles. The first-order valence-electron chi connectivity index (χ1n) is 7.97. The molecule has 0 atom stereocenters. The third-order valence-electron chi connectivity index (χ3n) is 3.68. The Labute approximate surface area is 161 Å². The zero-order chi connectivity index (χ0) is 18.4. The van der Waals surface area contributed by atoms with E-state index in [0.717, 1.165) is 11.1 Å². The molecule has 1 amide bonds. The van der Waals surface area contributed by atoms with Crippen molar-refractivity contribution in [3.63, 3.8) is 0 Å². The molecule has 6 heteroatoms. The summed E-state index contributed by atoms with van der Waals surface area (Å²) in [6, 6.07) is 18.0. The second-order valence-electron chi connectivity index (χ2n) is 5.58. The van der Waals surface area contributed by atoms with Crippen molar-refractivity contribution in [3.8, 4) is 5.75 Å². The van der Waals surface area contributed by atoms with E-state index >= 15 is 0 Å². The SMILES string of the molecule is O=C(NCc1ccc(Cl)nc1)c1ccccc1OCc1ccc(Cl)cc1. The third kappa shape index (κ3) is 4.97. The quantitative estimate of drug-likeness (QED) is 0.613. The average molecular weight is 387 g/mol. The molecule has 0 unspecified atom stereocenters. The van der Waals surface area contributed by atoms with Crippen LogP contribution in [0, 0.1) is 0 Å². The zero-order valence-corrected chi connectivity index (χ0v) is 15.3. The number of rotatable bonds is 6. The summed E-state index contributed by atoms with van der Waals surface area (Å²) in [5.74, 6) is 0.306. The fourth-order valence-electron chi connectivity index (χ4n) is 2.31. The first-order chi connectivity index (χ1) is 12.6. The summed E-state index contributed by atoms with van der Waals surface area (Å²) in [6.07, 6.45) is 1.63. The van der Waals surface area contributed by atoms with Gasteiger partial charge >= 0.3 is 0 Å². The highest BCUT2D eigenvalue weighted by Crippen LogP contribution is 2.20. The summed E-state index contributed by atoms with van der Waals surface area (Å²) in [5, 5.41) is 3.95. The summed E-state index contributed by atoms with van der Waals surface area (Å²) in [7, 11) is 0. The van der Waals surface area contributed by atoms with Gasteiger partial charge in [-0.05, 0) is 41.5 Å². The van der Waals surface area contributed by atoms with Crippen molar-refractivity contribution in [1.82, 2.24) is 10.3 Å². The number of carbonyl (C=O) groups excluding carboxylic acids is 1. The lowest BCUT2D eigenvalue weighted by molar-refractivity contribution is 0.0946. The van der Waals surface area contributed by atoms with Crippen LogP contribution in [0.2, 0.25) is 10.2 Å². The number of halogens is 2. The number of hydrogen-bond acceptors (Lipinski definition) is 3. The molecule has 3 aromatic rings. The Morgan fingerprint density at radius 2 is 1.69 bits per heavy atom. The predicted octanol–water partition coefficient (Wildman–Crippen LogP) is 4.90. The van der Waals surface area contributed by atoms with Crippen LogP contribution in [0.3, 0.4) is 0 Å². The van der Waals surface area contributed by atoms with E-state index in [-0.39, 0.29) is 5.91 Å². The van der Waals surface area contributed by atoms with Gasteiger partial charge in [-0.25, -0.2) is 4.98 Å². The van der Waals surface area contributed by atoms with Crippen molar-refractivity contribution >= 4 is 29.1 Å². The van der Waals surface area contributed by atoms with Crippen LogP contribution in [0.15, 0.2) is 66.9 Å². The summed E-state index contributed by atoms with van der Waals surface area (Å²) in [6.45, 7) is 0.705. The maximum absolute atomic E-state index is 12.5.